The molecule has 1 saturated carbocycles. The van der Waals surface area contributed by atoms with Crippen molar-refractivity contribution in [1.29, 1.82) is 0 Å². The summed E-state index contributed by atoms with van der Waals surface area (Å²) in [7, 11) is 0. The van der Waals surface area contributed by atoms with Gasteiger partial charge in [-0.2, -0.15) is 0 Å². The number of hydrogen-bond donors (Lipinski definition) is 0. The SMILES string of the molecule is O=C1CC2CCCC(C1)N2CC1CC1. The normalized spacial score (nSPS) is 38.7. The van der Waals surface area contributed by atoms with Crippen molar-refractivity contribution in [3.8, 4) is 0 Å². The summed E-state index contributed by atoms with van der Waals surface area (Å²) in [5, 5.41) is 0. The lowest BCUT2D eigenvalue weighted by Gasteiger charge is -2.45. The molecule has 0 amide bonds. The standard InChI is InChI=1S/C12H19NO/c14-12-6-10-2-1-3-11(7-12)13(10)8-9-4-5-9/h9-11H,1-8H2. The van der Waals surface area contributed by atoms with Crippen molar-refractivity contribution in [2.45, 2.75) is 57.0 Å². The summed E-state index contributed by atoms with van der Waals surface area (Å²) in [4.78, 5) is 14.2. The van der Waals surface area contributed by atoms with Crippen molar-refractivity contribution in [1.82, 2.24) is 4.90 Å². The van der Waals surface area contributed by atoms with Gasteiger partial charge in [-0.3, -0.25) is 9.69 Å². The van der Waals surface area contributed by atoms with Crippen LogP contribution in [0.15, 0.2) is 0 Å². The van der Waals surface area contributed by atoms with Gasteiger partial charge in [-0.05, 0) is 31.6 Å². The maximum Gasteiger partial charge on any atom is 0.136 e. The molecule has 3 rings (SSSR count). The van der Waals surface area contributed by atoms with E-state index in [1.165, 1.54) is 38.6 Å². The summed E-state index contributed by atoms with van der Waals surface area (Å²) >= 11 is 0. The van der Waals surface area contributed by atoms with E-state index in [9.17, 15) is 4.79 Å². The number of carbonyl (C=O) groups excluding carboxylic acids is 1. The summed E-state index contributed by atoms with van der Waals surface area (Å²) in [5.74, 6) is 1.50. The second-order valence-electron chi connectivity index (χ2n) is 5.33. The Bertz CT molecular complexity index is 231. The minimum atomic E-state index is 0.520. The van der Waals surface area contributed by atoms with Crippen LogP contribution in [0.4, 0.5) is 0 Å². The summed E-state index contributed by atoms with van der Waals surface area (Å²) in [5.41, 5.74) is 0. The van der Waals surface area contributed by atoms with E-state index in [1.54, 1.807) is 0 Å². The van der Waals surface area contributed by atoms with Gasteiger partial charge in [0.25, 0.3) is 0 Å². The molecule has 3 aliphatic rings. The van der Waals surface area contributed by atoms with Gasteiger partial charge in [-0.15, -0.1) is 0 Å². The van der Waals surface area contributed by atoms with Crippen molar-refractivity contribution in [2.24, 2.45) is 5.92 Å². The third-order valence-electron chi connectivity index (χ3n) is 4.11. The molecule has 0 radical (unpaired) electrons. The molecule has 1 aliphatic carbocycles. The molecule has 2 saturated heterocycles. The number of piperidine rings is 2. The molecule has 2 nitrogen and oxygen atoms in total. The predicted molar refractivity (Wildman–Crippen MR) is 55.1 cm³/mol. The lowest BCUT2D eigenvalue weighted by atomic mass is 9.83. The van der Waals surface area contributed by atoms with Crippen LogP contribution >= 0.6 is 0 Å². The average Bonchev–Trinajstić information content (AvgIpc) is 2.90. The van der Waals surface area contributed by atoms with Gasteiger partial charge in [-0.25, -0.2) is 0 Å². The van der Waals surface area contributed by atoms with Gasteiger partial charge in [-0.1, -0.05) is 6.42 Å². The molecule has 2 aliphatic heterocycles. The summed E-state index contributed by atoms with van der Waals surface area (Å²) in [6.07, 6.45) is 8.47. The van der Waals surface area contributed by atoms with Crippen LogP contribution in [0.2, 0.25) is 0 Å². The fourth-order valence-electron chi connectivity index (χ4n) is 3.16. The zero-order valence-electron chi connectivity index (χ0n) is 8.74. The highest BCUT2D eigenvalue weighted by molar-refractivity contribution is 5.80. The molecular weight excluding hydrogens is 174 g/mol. The minimum Gasteiger partial charge on any atom is -0.300 e. The van der Waals surface area contributed by atoms with Crippen LogP contribution in [0.25, 0.3) is 0 Å². The third kappa shape index (κ3) is 1.60. The zero-order chi connectivity index (χ0) is 9.54. The molecule has 2 bridgehead atoms. The number of nitrogens with zero attached hydrogens (tertiary/aromatic N) is 1. The minimum absolute atomic E-state index is 0.520. The maximum absolute atomic E-state index is 11.5. The lowest BCUT2D eigenvalue weighted by molar-refractivity contribution is -0.127. The fourth-order valence-corrected chi connectivity index (χ4v) is 3.16. The molecule has 2 heteroatoms. The Balaban J connectivity index is 1.71. The van der Waals surface area contributed by atoms with Crippen LogP contribution in [-0.4, -0.2) is 29.3 Å². The molecule has 2 unspecified atom stereocenters. The first kappa shape index (κ1) is 8.90. The average molecular weight is 193 g/mol. The molecule has 0 aromatic heterocycles. The monoisotopic (exact) mass is 193 g/mol. The first-order valence-corrected chi connectivity index (χ1v) is 6.10. The molecule has 78 valence electrons. The Kier molecular flexibility index (Phi) is 2.12. The second-order valence-corrected chi connectivity index (χ2v) is 5.33. The van der Waals surface area contributed by atoms with Gasteiger partial charge in [0.05, 0.1) is 0 Å². The van der Waals surface area contributed by atoms with Crippen LogP contribution in [0.3, 0.4) is 0 Å². The highest BCUT2D eigenvalue weighted by Crippen LogP contribution is 2.37. The first-order chi connectivity index (χ1) is 6.83. The molecular formula is C12H19NO. The van der Waals surface area contributed by atoms with Crippen LogP contribution in [0.1, 0.15) is 44.9 Å². The second kappa shape index (κ2) is 3.34. The Morgan fingerprint density at radius 1 is 1.07 bits per heavy atom. The first-order valence-electron chi connectivity index (χ1n) is 6.10. The molecule has 3 fully saturated rings. The van der Waals surface area contributed by atoms with Gasteiger partial charge in [0, 0.05) is 31.5 Å². The zero-order valence-corrected chi connectivity index (χ0v) is 8.74. The maximum atomic E-state index is 11.5. The van der Waals surface area contributed by atoms with Crippen molar-refractivity contribution in [2.75, 3.05) is 6.54 Å². The largest absolute Gasteiger partial charge is 0.300 e. The number of rotatable bonds is 2. The van der Waals surface area contributed by atoms with E-state index in [-0.39, 0.29) is 0 Å². The van der Waals surface area contributed by atoms with E-state index in [1.807, 2.05) is 0 Å². The number of fused-ring (bicyclic) bond motifs is 2. The van der Waals surface area contributed by atoms with Crippen LogP contribution < -0.4 is 0 Å². The molecule has 14 heavy (non-hydrogen) atoms. The number of hydrogen-bond acceptors (Lipinski definition) is 2. The number of ketones is 1. The predicted octanol–water partition coefficient (Wildman–Crippen LogP) is 1.98. The summed E-state index contributed by atoms with van der Waals surface area (Å²) in [6.45, 7) is 1.29. The number of Topliss-reactive ketones (excluding diaryl/α,β-unsaturated/α-hetero) is 1. The fraction of sp³-hybridized carbons (Fsp3) is 0.917. The summed E-state index contributed by atoms with van der Waals surface area (Å²) < 4.78 is 0. The van der Waals surface area contributed by atoms with E-state index < -0.39 is 0 Å². The van der Waals surface area contributed by atoms with Crippen LogP contribution in [0.5, 0.6) is 0 Å². The van der Waals surface area contributed by atoms with Gasteiger partial charge >= 0.3 is 0 Å². The van der Waals surface area contributed by atoms with Crippen molar-refractivity contribution in [3.05, 3.63) is 0 Å². The molecule has 0 aromatic rings. The Hall–Kier alpha value is -0.370. The smallest absolute Gasteiger partial charge is 0.136 e. The van der Waals surface area contributed by atoms with E-state index >= 15 is 0 Å². The Labute approximate surface area is 85.7 Å². The van der Waals surface area contributed by atoms with Crippen LogP contribution in [0, 0.1) is 5.92 Å². The lowest BCUT2D eigenvalue weighted by Crippen LogP contribution is -2.52. The van der Waals surface area contributed by atoms with E-state index in [4.69, 9.17) is 0 Å². The van der Waals surface area contributed by atoms with E-state index in [0.717, 1.165) is 18.8 Å². The van der Waals surface area contributed by atoms with Crippen molar-refractivity contribution < 1.29 is 4.79 Å². The van der Waals surface area contributed by atoms with E-state index in [2.05, 4.69) is 4.90 Å². The van der Waals surface area contributed by atoms with Crippen molar-refractivity contribution in [3.63, 3.8) is 0 Å². The van der Waals surface area contributed by atoms with Gasteiger partial charge in [0.2, 0.25) is 0 Å². The van der Waals surface area contributed by atoms with Gasteiger partial charge in [0.1, 0.15) is 5.78 Å². The molecule has 2 atom stereocenters. The summed E-state index contributed by atoms with van der Waals surface area (Å²) in [6, 6.07) is 1.24. The molecule has 0 N–H and O–H groups in total. The quantitative estimate of drug-likeness (QED) is 0.668. The molecule has 0 aromatic carbocycles. The van der Waals surface area contributed by atoms with Gasteiger partial charge in [0.15, 0.2) is 0 Å². The molecule has 0 spiro atoms. The van der Waals surface area contributed by atoms with E-state index in [0.29, 0.717) is 17.9 Å². The van der Waals surface area contributed by atoms with Crippen molar-refractivity contribution >= 4 is 5.78 Å². The van der Waals surface area contributed by atoms with Crippen LogP contribution in [-0.2, 0) is 4.79 Å². The highest BCUT2D eigenvalue weighted by atomic mass is 16.1. The number of carbonyl (C=O) groups is 1. The Morgan fingerprint density at radius 2 is 1.71 bits per heavy atom. The highest BCUT2D eigenvalue weighted by Gasteiger charge is 2.39. The molecule has 2 heterocycles. The Morgan fingerprint density at radius 3 is 2.29 bits per heavy atom. The third-order valence-corrected chi connectivity index (χ3v) is 4.11. The topological polar surface area (TPSA) is 20.3 Å². The van der Waals surface area contributed by atoms with Gasteiger partial charge < -0.3 is 0 Å².